The molecule has 2 aromatic rings. The number of rotatable bonds is 5. The summed E-state index contributed by atoms with van der Waals surface area (Å²) in [6.45, 7) is 3.08. The van der Waals surface area contributed by atoms with Gasteiger partial charge in [0.1, 0.15) is 5.82 Å². The second-order valence-electron chi connectivity index (χ2n) is 7.08. The number of hydrogen-bond donors (Lipinski definition) is 1. The fourth-order valence-electron chi connectivity index (χ4n) is 3.61. The van der Waals surface area contributed by atoms with Gasteiger partial charge in [0.25, 0.3) is 5.91 Å². The van der Waals surface area contributed by atoms with Crippen molar-refractivity contribution >= 4 is 33.2 Å². The van der Waals surface area contributed by atoms with E-state index >= 15 is 0 Å². The Balaban J connectivity index is 1.38. The summed E-state index contributed by atoms with van der Waals surface area (Å²) >= 11 is 0. The second kappa shape index (κ2) is 8.11. The van der Waals surface area contributed by atoms with Gasteiger partial charge in [-0.3, -0.25) is 9.10 Å². The molecule has 2 aromatic carbocycles. The lowest BCUT2D eigenvalue weighted by molar-refractivity contribution is 0.0954. The zero-order valence-corrected chi connectivity index (χ0v) is 17.4. The minimum Gasteiger partial charge on any atom is -0.378 e. The van der Waals surface area contributed by atoms with E-state index in [4.69, 9.17) is 4.74 Å². The monoisotopic (exact) mass is 434 g/mol. The number of hydrogen-bond acceptors (Lipinski definition) is 5. The van der Waals surface area contributed by atoms with Gasteiger partial charge in [0.2, 0.25) is 0 Å². The van der Waals surface area contributed by atoms with Gasteiger partial charge in [-0.15, -0.1) is 0 Å². The molecule has 4 rings (SSSR count). The lowest BCUT2D eigenvalue weighted by Gasteiger charge is -2.28. The van der Waals surface area contributed by atoms with Gasteiger partial charge >= 0.3 is 10.2 Å². The van der Waals surface area contributed by atoms with Crippen LogP contribution in [0, 0.1) is 5.82 Å². The van der Waals surface area contributed by atoms with Gasteiger partial charge in [-0.1, -0.05) is 0 Å². The number of nitrogens with zero attached hydrogens (tertiary/aromatic N) is 3. The number of carbonyl (C=O) groups is 1. The van der Waals surface area contributed by atoms with Gasteiger partial charge in [-0.25, -0.2) is 8.70 Å². The van der Waals surface area contributed by atoms with Crippen LogP contribution in [-0.4, -0.2) is 60.8 Å². The Morgan fingerprint density at radius 2 is 1.80 bits per heavy atom. The van der Waals surface area contributed by atoms with Crippen LogP contribution in [0.5, 0.6) is 0 Å². The first-order valence-corrected chi connectivity index (χ1v) is 11.0. The highest BCUT2D eigenvalue weighted by molar-refractivity contribution is 7.94. The van der Waals surface area contributed by atoms with E-state index in [2.05, 4.69) is 10.2 Å². The first kappa shape index (κ1) is 20.4. The average Bonchev–Trinajstić information content (AvgIpc) is 2.94. The Hall–Kier alpha value is -2.85. The van der Waals surface area contributed by atoms with Crippen LogP contribution in [0.1, 0.15) is 10.4 Å². The van der Waals surface area contributed by atoms with Crippen molar-refractivity contribution in [1.82, 2.24) is 5.32 Å². The molecule has 0 aromatic heterocycles. The van der Waals surface area contributed by atoms with E-state index in [1.807, 2.05) is 12.1 Å². The third-order valence-electron chi connectivity index (χ3n) is 5.28. The molecule has 8 nitrogen and oxygen atoms in total. The second-order valence-corrected chi connectivity index (χ2v) is 8.97. The van der Waals surface area contributed by atoms with Crippen LogP contribution in [0.2, 0.25) is 0 Å². The maximum atomic E-state index is 13.6. The van der Waals surface area contributed by atoms with E-state index in [9.17, 15) is 17.6 Å². The van der Waals surface area contributed by atoms with Crippen molar-refractivity contribution in [3.05, 3.63) is 53.8 Å². The molecule has 0 bridgehead atoms. The zero-order valence-electron chi connectivity index (χ0n) is 16.5. The van der Waals surface area contributed by atoms with Crippen LogP contribution in [0.3, 0.4) is 0 Å². The van der Waals surface area contributed by atoms with E-state index in [1.54, 1.807) is 12.1 Å². The van der Waals surface area contributed by atoms with Crippen molar-refractivity contribution in [2.45, 2.75) is 0 Å². The molecule has 2 heterocycles. The molecule has 1 fully saturated rings. The lowest BCUT2D eigenvalue weighted by Crippen LogP contribution is -2.40. The van der Waals surface area contributed by atoms with Crippen LogP contribution < -0.4 is 18.8 Å². The summed E-state index contributed by atoms with van der Waals surface area (Å²) < 4.78 is 46.4. The maximum absolute atomic E-state index is 13.6. The molecule has 1 N–H and O–H groups in total. The SMILES string of the molecule is CN1c2ccc(F)cc2N(CCNC(=O)c2ccc(N3CCOCC3)cc2)S1(=O)=O. The fraction of sp³-hybridized carbons (Fsp3) is 0.350. The molecule has 0 spiro atoms. The molecule has 1 saturated heterocycles. The number of ether oxygens (including phenoxy) is 1. The number of anilines is 3. The third-order valence-corrected chi connectivity index (χ3v) is 7.10. The first-order chi connectivity index (χ1) is 14.4. The number of fused-ring (bicyclic) bond motifs is 1. The smallest absolute Gasteiger partial charge is 0.326 e. The summed E-state index contributed by atoms with van der Waals surface area (Å²) in [5, 5.41) is 2.73. The van der Waals surface area contributed by atoms with Gasteiger partial charge < -0.3 is 15.0 Å². The average molecular weight is 434 g/mol. The summed E-state index contributed by atoms with van der Waals surface area (Å²) in [4.78, 5) is 14.6. The number of morpholine rings is 1. The van der Waals surface area contributed by atoms with E-state index in [0.29, 0.717) is 24.5 Å². The van der Waals surface area contributed by atoms with Gasteiger partial charge in [0.15, 0.2) is 0 Å². The molecular formula is C20H23FN4O4S. The van der Waals surface area contributed by atoms with Crippen LogP contribution in [-0.2, 0) is 14.9 Å². The van der Waals surface area contributed by atoms with Crippen LogP contribution in [0.25, 0.3) is 0 Å². The quantitative estimate of drug-likeness (QED) is 0.773. The number of benzene rings is 2. The van der Waals surface area contributed by atoms with E-state index in [0.717, 1.165) is 27.4 Å². The lowest BCUT2D eigenvalue weighted by atomic mass is 10.1. The van der Waals surface area contributed by atoms with Gasteiger partial charge in [0.05, 0.1) is 31.1 Å². The zero-order chi connectivity index (χ0) is 21.3. The highest BCUT2D eigenvalue weighted by atomic mass is 32.2. The van der Waals surface area contributed by atoms with Crippen molar-refractivity contribution < 1.29 is 22.3 Å². The van der Waals surface area contributed by atoms with Crippen molar-refractivity contribution in [1.29, 1.82) is 0 Å². The maximum Gasteiger partial charge on any atom is 0.326 e. The summed E-state index contributed by atoms with van der Waals surface area (Å²) in [5.41, 5.74) is 2.18. The Morgan fingerprint density at radius 1 is 1.10 bits per heavy atom. The summed E-state index contributed by atoms with van der Waals surface area (Å²) in [7, 11) is -2.37. The fourth-order valence-corrected chi connectivity index (χ4v) is 5.03. The van der Waals surface area contributed by atoms with Crippen molar-refractivity contribution in [3.63, 3.8) is 0 Å². The van der Waals surface area contributed by atoms with Gasteiger partial charge in [0, 0.05) is 44.0 Å². The van der Waals surface area contributed by atoms with Crippen LogP contribution in [0.15, 0.2) is 42.5 Å². The molecule has 2 aliphatic rings. The largest absolute Gasteiger partial charge is 0.378 e. The van der Waals surface area contributed by atoms with E-state index in [1.165, 1.54) is 25.2 Å². The molecule has 10 heteroatoms. The topological polar surface area (TPSA) is 82.2 Å². The standard InChI is InChI=1S/C20H23FN4O4S/c1-23-18-7-4-16(21)14-19(18)25(30(23,27)28)9-8-22-20(26)15-2-5-17(6-3-15)24-10-12-29-13-11-24/h2-7,14H,8-13H2,1H3,(H,22,26). The number of halogens is 1. The molecule has 0 radical (unpaired) electrons. The normalized spacial score (nSPS) is 17.7. The number of amides is 1. The highest BCUT2D eigenvalue weighted by Gasteiger charge is 2.37. The molecule has 0 unspecified atom stereocenters. The summed E-state index contributed by atoms with van der Waals surface area (Å²) in [6.07, 6.45) is 0. The van der Waals surface area contributed by atoms with Gasteiger partial charge in [-0.2, -0.15) is 8.42 Å². The molecule has 0 saturated carbocycles. The third kappa shape index (κ3) is 3.80. The Bertz CT molecular complexity index is 1040. The number of nitrogens with one attached hydrogen (secondary N) is 1. The van der Waals surface area contributed by atoms with Crippen LogP contribution >= 0.6 is 0 Å². The molecule has 160 valence electrons. The molecule has 30 heavy (non-hydrogen) atoms. The van der Waals surface area contributed by atoms with Crippen molar-refractivity contribution in [3.8, 4) is 0 Å². The number of carbonyl (C=O) groups excluding carboxylic acids is 1. The minimum absolute atomic E-state index is 0.000722. The van der Waals surface area contributed by atoms with E-state index in [-0.39, 0.29) is 24.7 Å². The predicted molar refractivity (Wildman–Crippen MR) is 113 cm³/mol. The predicted octanol–water partition coefficient (Wildman–Crippen LogP) is 1.59. The molecule has 0 aliphatic carbocycles. The molecular weight excluding hydrogens is 411 g/mol. The molecule has 0 atom stereocenters. The van der Waals surface area contributed by atoms with Gasteiger partial charge in [-0.05, 0) is 36.4 Å². The Morgan fingerprint density at radius 3 is 2.50 bits per heavy atom. The Labute approximate surface area is 175 Å². The van der Waals surface area contributed by atoms with Crippen molar-refractivity contribution in [2.24, 2.45) is 0 Å². The van der Waals surface area contributed by atoms with Crippen molar-refractivity contribution in [2.75, 3.05) is 60.0 Å². The highest BCUT2D eigenvalue weighted by Crippen LogP contribution is 2.39. The summed E-state index contributed by atoms with van der Waals surface area (Å²) in [6, 6.07) is 11.1. The Kier molecular flexibility index (Phi) is 5.52. The van der Waals surface area contributed by atoms with E-state index < -0.39 is 16.0 Å². The summed E-state index contributed by atoms with van der Waals surface area (Å²) in [5.74, 6) is -0.818. The molecule has 2 aliphatic heterocycles. The first-order valence-electron chi connectivity index (χ1n) is 9.65. The molecule has 1 amide bonds. The van der Waals surface area contributed by atoms with Crippen LogP contribution in [0.4, 0.5) is 21.5 Å². The minimum atomic E-state index is -3.79.